The molecular weight excluding hydrogens is 266 g/mol. The molecule has 1 aromatic carbocycles. The van der Waals surface area contributed by atoms with Gasteiger partial charge in [0.1, 0.15) is 5.84 Å². The molecule has 1 unspecified atom stereocenters. The van der Waals surface area contributed by atoms with Crippen molar-refractivity contribution in [3.63, 3.8) is 0 Å². The molecule has 0 bridgehead atoms. The van der Waals surface area contributed by atoms with Crippen LogP contribution in [-0.4, -0.2) is 36.9 Å². The van der Waals surface area contributed by atoms with E-state index < -0.39 is 10.0 Å². The summed E-state index contributed by atoms with van der Waals surface area (Å²) in [6.45, 7) is 0.722. The monoisotopic (exact) mass is 283 g/mol. The minimum absolute atomic E-state index is 0.0907. The minimum Gasteiger partial charge on any atom is -0.409 e. The molecule has 0 aromatic heterocycles. The average Bonchev–Trinajstić information content (AvgIpc) is 2.47. The Hall–Kier alpha value is -1.60. The molecule has 1 aliphatic rings. The Morgan fingerprint density at radius 1 is 1.37 bits per heavy atom. The average molecular weight is 283 g/mol. The van der Waals surface area contributed by atoms with Crippen molar-refractivity contribution in [1.29, 1.82) is 0 Å². The number of amidine groups is 1. The number of nitrogens with two attached hydrogens (primary N) is 1. The van der Waals surface area contributed by atoms with E-state index in [0.717, 1.165) is 6.42 Å². The Kier molecular flexibility index (Phi) is 4.06. The van der Waals surface area contributed by atoms with Crippen LogP contribution in [0.2, 0.25) is 0 Å². The molecule has 0 radical (unpaired) electrons. The largest absolute Gasteiger partial charge is 0.409 e. The van der Waals surface area contributed by atoms with Gasteiger partial charge in [0.2, 0.25) is 10.0 Å². The Morgan fingerprint density at radius 3 is 2.68 bits per heavy atom. The van der Waals surface area contributed by atoms with E-state index in [9.17, 15) is 8.42 Å². The van der Waals surface area contributed by atoms with Crippen LogP contribution in [0, 0.1) is 5.92 Å². The number of hydrogen-bond donors (Lipinski definition) is 2. The van der Waals surface area contributed by atoms with Crippen LogP contribution >= 0.6 is 0 Å². The van der Waals surface area contributed by atoms with Gasteiger partial charge in [0.15, 0.2) is 0 Å². The van der Waals surface area contributed by atoms with Crippen molar-refractivity contribution in [2.75, 3.05) is 13.1 Å². The number of piperidine rings is 1. The van der Waals surface area contributed by atoms with E-state index in [-0.39, 0.29) is 23.2 Å². The lowest BCUT2D eigenvalue weighted by molar-refractivity contribution is 0.287. The highest BCUT2D eigenvalue weighted by Gasteiger charge is 2.31. The first kappa shape index (κ1) is 13.8. The van der Waals surface area contributed by atoms with Crippen molar-refractivity contribution in [2.24, 2.45) is 16.8 Å². The summed E-state index contributed by atoms with van der Waals surface area (Å²) in [5.74, 6) is -0.134. The molecule has 6 nitrogen and oxygen atoms in total. The summed E-state index contributed by atoms with van der Waals surface area (Å²) in [5.41, 5.74) is 5.57. The molecule has 1 aliphatic heterocycles. The van der Waals surface area contributed by atoms with Gasteiger partial charge in [-0.05, 0) is 25.0 Å². The van der Waals surface area contributed by atoms with Crippen LogP contribution < -0.4 is 5.73 Å². The fraction of sp³-hybridized carbons (Fsp3) is 0.417. The van der Waals surface area contributed by atoms with Crippen LogP contribution in [0.1, 0.15) is 12.8 Å². The van der Waals surface area contributed by atoms with E-state index in [1.165, 1.54) is 4.31 Å². The Morgan fingerprint density at radius 2 is 2.05 bits per heavy atom. The fourth-order valence-electron chi connectivity index (χ4n) is 2.23. The van der Waals surface area contributed by atoms with Crippen LogP contribution in [-0.2, 0) is 10.0 Å². The third-order valence-electron chi connectivity index (χ3n) is 3.30. The van der Waals surface area contributed by atoms with Crippen LogP contribution in [0.5, 0.6) is 0 Å². The van der Waals surface area contributed by atoms with Gasteiger partial charge in [-0.2, -0.15) is 4.31 Å². The SMILES string of the molecule is NC(=NO)C1CCCN(S(=O)(=O)c2ccccc2)C1. The third-order valence-corrected chi connectivity index (χ3v) is 5.18. The molecule has 2 rings (SSSR count). The highest BCUT2D eigenvalue weighted by molar-refractivity contribution is 7.89. The molecule has 1 fully saturated rings. The van der Waals surface area contributed by atoms with Crippen molar-refractivity contribution in [1.82, 2.24) is 4.31 Å². The molecule has 7 heteroatoms. The second kappa shape index (κ2) is 5.58. The summed E-state index contributed by atoms with van der Waals surface area (Å²) in [5, 5.41) is 11.7. The molecular formula is C12H17N3O3S. The summed E-state index contributed by atoms with van der Waals surface area (Å²) < 4.78 is 26.3. The Labute approximate surface area is 112 Å². The lowest BCUT2D eigenvalue weighted by Gasteiger charge is -2.31. The highest BCUT2D eigenvalue weighted by Crippen LogP contribution is 2.23. The highest BCUT2D eigenvalue weighted by atomic mass is 32.2. The quantitative estimate of drug-likeness (QED) is 0.372. The maximum Gasteiger partial charge on any atom is 0.243 e. The van der Waals surface area contributed by atoms with Gasteiger partial charge in [0, 0.05) is 19.0 Å². The van der Waals surface area contributed by atoms with Crippen molar-refractivity contribution in [3.05, 3.63) is 30.3 Å². The van der Waals surface area contributed by atoms with Gasteiger partial charge in [-0.1, -0.05) is 23.4 Å². The molecule has 1 saturated heterocycles. The molecule has 104 valence electrons. The van der Waals surface area contributed by atoms with E-state index in [1.54, 1.807) is 30.3 Å². The number of oxime groups is 1. The van der Waals surface area contributed by atoms with Crippen LogP contribution in [0.4, 0.5) is 0 Å². The van der Waals surface area contributed by atoms with E-state index in [4.69, 9.17) is 10.9 Å². The molecule has 19 heavy (non-hydrogen) atoms. The maximum atomic E-state index is 12.4. The van der Waals surface area contributed by atoms with Gasteiger partial charge < -0.3 is 10.9 Å². The lowest BCUT2D eigenvalue weighted by Crippen LogP contribution is -2.44. The van der Waals surface area contributed by atoms with Crippen LogP contribution in [0.3, 0.4) is 0 Å². The van der Waals surface area contributed by atoms with Crippen LogP contribution in [0.15, 0.2) is 40.4 Å². The van der Waals surface area contributed by atoms with E-state index in [1.807, 2.05) is 0 Å². The van der Waals surface area contributed by atoms with Crippen molar-refractivity contribution in [3.8, 4) is 0 Å². The van der Waals surface area contributed by atoms with E-state index in [0.29, 0.717) is 13.0 Å². The molecule has 0 spiro atoms. The second-order valence-corrected chi connectivity index (χ2v) is 6.48. The topological polar surface area (TPSA) is 96.0 Å². The van der Waals surface area contributed by atoms with Gasteiger partial charge >= 0.3 is 0 Å². The summed E-state index contributed by atoms with van der Waals surface area (Å²) in [6.07, 6.45) is 1.43. The summed E-state index contributed by atoms with van der Waals surface area (Å²) in [4.78, 5) is 0.273. The zero-order valence-corrected chi connectivity index (χ0v) is 11.3. The predicted octanol–water partition coefficient (Wildman–Crippen LogP) is 0.834. The van der Waals surface area contributed by atoms with Gasteiger partial charge in [-0.15, -0.1) is 0 Å². The molecule has 1 aromatic rings. The molecule has 1 heterocycles. The normalized spacial score (nSPS) is 22.3. The number of nitrogens with zero attached hydrogens (tertiary/aromatic N) is 2. The minimum atomic E-state index is -3.50. The first-order chi connectivity index (χ1) is 9.05. The van der Waals surface area contributed by atoms with Crippen molar-refractivity contribution < 1.29 is 13.6 Å². The van der Waals surface area contributed by atoms with Crippen molar-refractivity contribution >= 4 is 15.9 Å². The van der Waals surface area contributed by atoms with Crippen molar-refractivity contribution in [2.45, 2.75) is 17.7 Å². The molecule has 3 N–H and O–H groups in total. The molecule has 0 aliphatic carbocycles. The zero-order valence-electron chi connectivity index (χ0n) is 10.4. The summed E-state index contributed by atoms with van der Waals surface area (Å²) in [7, 11) is -3.50. The number of sulfonamides is 1. The van der Waals surface area contributed by atoms with Gasteiger partial charge in [0.25, 0.3) is 0 Å². The lowest BCUT2D eigenvalue weighted by atomic mass is 9.99. The number of benzene rings is 1. The summed E-state index contributed by atoms with van der Waals surface area (Å²) >= 11 is 0. The molecule has 1 atom stereocenters. The first-order valence-electron chi connectivity index (χ1n) is 6.08. The molecule has 0 amide bonds. The van der Waals surface area contributed by atoms with Gasteiger partial charge in [-0.25, -0.2) is 8.42 Å². The van der Waals surface area contributed by atoms with E-state index in [2.05, 4.69) is 5.16 Å². The maximum absolute atomic E-state index is 12.4. The Bertz CT molecular complexity index is 557. The van der Waals surface area contributed by atoms with E-state index >= 15 is 0 Å². The van der Waals surface area contributed by atoms with Crippen LogP contribution in [0.25, 0.3) is 0 Å². The van der Waals surface area contributed by atoms with Gasteiger partial charge in [-0.3, -0.25) is 0 Å². The molecule has 0 saturated carbocycles. The fourth-order valence-corrected chi connectivity index (χ4v) is 3.77. The number of rotatable bonds is 3. The predicted molar refractivity (Wildman–Crippen MR) is 71.3 cm³/mol. The Balaban J connectivity index is 2.22. The smallest absolute Gasteiger partial charge is 0.243 e. The van der Waals surface area contributed by atoms with Gasteiger partial charge in [0.05, 0.1) is 4.90 Å². The first-order valence-corrected chi connectivity index (χ1v) is 7.52. The summed E-state index contributed by atoms with van der Waals surface area (Å²) in [6, 6.07) is 8.30. The second-order valence-electron chi connectivity index (χ2n) is 4.54. The third kappa shape index (κ3) is 2.87. The number of hydrogen-bond acceptors (Lipinski definition) is 4. The zero-order chi connectivity index (χ0) is 13.9. The standard InChI is InChI=1S/C12H17N3O3S/c13-12(14-16)10-5-4-8-15(9-10)19(17,18)11-6-2-1-3-7-11/h1-3,6-7,10,16H,4-5,8-9H2,(H2,13,14).